The lowest BCUT2D eigenvalue weighted by Gasteiger charge is -2.51. The Labute approximate surface area is 237 Å². The standard InChI is InChI=1S/C31H54O7Si/c1-10-11-12-13-14-25-31(6,38-39(8,9)29(2,3)4)18-16-23-22(34-25)15-17-30(5)26(35-23)20-24-28(37-30)21(32)19-27(33-7)36-24/h10-12,21-28,32H,1,13-20H2,2-9H3/b12-11-/t21-,22-,23+,24+,25+,26-,27?,28-,30+,31-/m0/s1. The number of aliphatic hydroxyl groups excluding tert-OH is 1. The molecule has 1 N–H and O–H groups in total. The Morgan fingerprint density at radius 2 is 1.72 bits per heavy atom. The molecule has 0 amide bonds. The number of hydrogen-bond acceptors (Lipinski definition) is 7. The van der Waals surface area contributed by atoms with Crippen molar-refractivity contribution in [2.24, 2.45) is 0 Å². The zero-order valence-electron chi connectivity index (χ0n) is 25.6. The summed E-state index contributed by atoms with van der Waals surface area (Å²) in [6, 6.07) is 0. The molecule has 0 aromatic heterocycles. The summed E-state index contributed by atoms with van der Waals surface area (Å²) in [5.41, 5.74) is -0.884. The maximum Gasteiger partial charge on any atom is 0.192 e. The Bertz CT molecular complexity index is 871. The second-order valence-corrected chi connectivity index (χ2v) is 18.8. The first-order chi connectivity index (χ1) is 18.2. The van der Waals surface area contributed by atoms with E-state index in [0.29, 0.717) is 12.8 Å². The molecular weight excluding hydrogens is 512 g/mol. The van der Waals surface area contributed by atoms with E-state index < -0.39 is 26.3 Å². The van der Waals surface area contributed by atoms with Gasteiger partial charge >= 0.3 is 0 Å². The monoisotopic (exact) mass is 566 g/mol. The lowest BCUT2D eigenvalue weighted by Crippen LogP contribution is -2.62. The Balaban J connectivity index is 1.55. The molecule has 0 spiro atoms. The number of rotatable bonds is 7. The van der Waals surface area contributed by atoms with Crippen molar-refractivity contribution in [3.05, 3.63) is 24.8 Å². The van der Waals surface area contributed by atoms with E-state index in [9.17, 15) is 5.11 Å². The first-order valence-corrected chi connectivity index (χ1v) is 17.9. The Kier molecular flexibility index (Phi) is 9.61. The lowest BCUT2D eigenvalue weighted by atomic mass is 9.82. The fourth-order valence-electron chi connectivity index (χ4n) is 6.60. The van der Waals surface area contributed by atoms with Crippen molar-refractivity contribution >= 4 is 8.32 Å². The van der Waals surface area contributed by atoms with Gasteiger partial charge in [-0.25, -0.2) is 0 Å². The second-order valence-electron chi connectivity index (χ2n) is 14.1. The Hall–Kier alpha value is -0.583. The molecule has 0 aromatic rings. The molecule has 224 valence electrons. The number of fused-ring (bicyclic) bond motifs is 3. The van der Waals surface area contributed by atoms with Gasteiger partial charge in [0, 0.05) is 20.0 Å². The zero-order chi connectivity index (χ0) is 28.6. The third-order valence-corrected chi connectivity index (χ3v) is 14.7. The smallest absolute Gasteiger partial charge is 0.192 e. The highest BCUT2D eigenvalue weighted by molar-refractivity contribution is 6.74. The lowest BCUT2D eigenvalue weighted by molar-refractivity contribution is -0.318. The van der Waals surface area contributed by atoms with Crippen LogP contribution in [0.25, 0.3) is 0 Å². The van der Waals surface area contributed by atoms with Crippen molar-refractivity contribution in [2.75, 3.05) is 7.11 Å². The van der Waals surface area contributed by atoms with E-state index in [0.717, 1.165) is 38.5 Å². The van der Waals surface area contributed by atoms with Crippen LogP contribution < -0.4 is 0 Å². The highest BCUT2D eigenvalue weighted by atomic mass is 28.4. The molecule has 7 nitrogen and oxygen atoms in total. The highest BCUT2D eigenvalue weighted by Gasteiger charge is 2.56. The minimum atomic E-state index is -2.05. The van der Waals surface area contributed by atoms with Crippen LogP contribution in [-0.2, 0) is 28.1 Å². The van der Waals surface area contributed by atoms with E-state index in [1.807, 2.05) is 12.2 Å². The van der Waals surface area contributed by atoms with Crippen LogP contribution in [0.5, 0.6) is 0 Å². The van der Waals surface area contributed by atoms with Gasteiger partial charge in [0.1, 0.15) is 6.10 Å². The van der Waals surface area contributed by atoms with Crippen LogP contribution in [0.1, 0.15) is 86.0 Å². The normalized spacial score (nSPS) is 43.6. The van der Waals surface area contributed by atoms with Gasteiger partial charge in [0.05, 0.1) is 47.8 Å². The third kappa shape index (κ3) is 6.74. The molecule has 4 rings (SSSR count). The topological polar surface area (TPSA) is 75.6 Å². The molecule has 4 aliphatic rings. The molecule has 0 aromatic carbocycles. The average molecular weight is 567 g/mol. The van der Waals surface area contributed by atoms with E-state index in [-0.39, 0.29) is 47.3 Å². The summed E-state index contributed by atoms with van der Waals surface area (Å²) in [5, 5.41) is 10.9. The molecule has 0 bridgehead atoms. The van der Waals surface area contributed by atoms with Gasteiger partial charge in [0.25, 0.3) is 0 Å². The highest BCUT2D eigenvalue weighted by Crippen LogP contribution is 2.48. The molecule has 0 saturated carbocycles. The Morgan fingerprint density at radius 1 is 1.03 bits per heavy atom. The number of aliphatic hydroxyl groups is 1. The van der Waals surface area contributed by atoms with Crippen LogP contribution in [0.4, 0.5) is 0 Å². The molecule has 1 unspecified atom stereocenters. The summed E-state index contributed by atoms with van der Waals surface area (Å²) in [6.45, 7) is 19.8. The van der Waals surface area contributed by atoms with Gasteiger partial charge < -0.3 is 33.2 Å². The molecular formula is C31H54O7Si. The predicted molar refractivity (Wildman–Crippen MR) is 155 cm³/mol. The molecule has 10 atom stereocenters. The minimum absolute atomic E-state index is 0.0335. The van der Waals surface area contributed by atoms with E-state index in [2.05, 4.69) is 60.4 Å². The van der Waals surface area contributed by atoms with Crippen molar-refractivity contribution in [1.82, 2.24) is 0 Å². The van der Waals surface area contributed by atoms with Crippen molar-refractivity contribution in [2.45, 2.75) is 164 Å². The van der Waals surface area contributed by atoms with Crippen LogP contribution in [0, 0.1) is 0 Å². The van der Waals surface area contributed by atoms with E-state index >= 15 is 0 Å². The van der Waals surface area contributed by atoms with Crippen LogP contribution in [0.3, 0.4) is 0 Å². The maximum atomic E-state index is 10.8. The van der Waals surface area contributed by atoms with Gasteiger partial charge in [-0.2, -0.15) is 0 Å². The van der Waals surface area contributed by atoms with Gasteiger partial charge in [-0.1, -0.05) is 45.6 Å². The predicted octanol–water partition coefficient (Wildman–Crippen LogP) is 6.05. The van der Waals surface area contributed by atoms with Crippen LogP contribution in [-0.4, -0.2) is 80.8 Å². The minimum Gasteiger partial charge on any atom is -0.409 e. The summed E-state index contributed by atoms with van der Waals surface area (Å²) in [6.07, 6.45) is 10.4. The van der Waals surface area contributed by atoms with E-state index in [1.54, 1.807) is 7.11 Å². The SMILES string of the molecule is C=C/C=C\CC[C@H]1O[C@H]2CC[C@@]3(C)O[C@H]4[C@@H](O)CC(OC)O[C@@H]4C[C@@H]3O[C@@H]2CC[C@]1(C)O[Si](C)(C)C(C)(C)C. The summed E-state index contributed by atoms with van der Waals surface area (Å²) in [5.74, 6) is 0. The van der Waals surface area contributed by atoms with Crippen molar-refractivity contribution in [1.29, 1.82) is 0 Å². The molecule has 39 heavy (non-hydrogen) atoms. The van der Waals surface area contributed by atoms with Gasteiger partial charge in [0.15, 0.2) is 14.6 Å². The average Bonchev–Trinajstić information content (AvgIpc) is 3.06. The van der Waals surface area contributed by atoms with Gasteiger partial charge in [0.2, 0.25) is 0 Å². The first kappa shape index (κ1) is 31.4. The first-order valence-electron chi connectivity index (χ1n) is 15.0. The van der Waals surface area contributed by atoms with Crippen molar-refractivity contribution in [3.63, 3.8) is 0 Å². The van der Waals surface area contributed by atoms with Crippen LogP contribution in [0.15, 0.2) is 24.8 Å². The molecule has 4 aliphatic heterocycles. The molecule has 8 heteroatoms. The molecule has 4 fully saturated rings. The summed E-state index contributed by atoms with van der Waals surface area (Å²) in [4.78, 5) is 0. The maximum absolute atomic E-state index is 10.8. The summed E-state index contributed by atoms with van der Waals surface area (Å²) >= 11 is 0. The quantitative estimate of drug-likeness (QED) is 0.297. The molecule has 4 heterocycles. The van der Waals surface area contributed by atoms with Gasteiger partial charge in [-0.15, -0.1) is 0 Å². The number of methoxy groups -OCH3 is 1. The third-order valence-electron chi connectivity index (χ3n) is 10.1. The second kappa shape index (κ2) is 12.0. The molecule has 0 aliphatic carbocycles. The number of allylic oxidation sites excluding steroid dienone is 3. The van der Waals surface area contributed by atoms with Crippen molar-refractivity contribution in [3.8, 4) is 0 Å². The van der Waals surface area contributed by atoms with E-state index in [1.165, 1.54) is 0 Å². The molecule has 0 radical (unpaired) electrons. The fraction of sp³-hybridized carbons (Fsp3) is 0.871. The van der Waals surface area contributed by atoms with Gasteiger partial charge in [-0.05, 0) is 70.5 Å². The van der Waals surface area contributed by atoms with Gasteiger partial charge in [-0.3, -0.25) is 0 Å². The van der Waals surface area contributed by atoms with Crippen LogP contribution >= 0.6 is 0 Å². The number of hydrogen-bond donors (Lipinski definition) is 1. The largest absolute Gasteiger partial charge is 0.409 e. The number of ether oxygens (including phenoxy) is 5. The van der Waals surface area contributed by atoms with E-state index in [4.69, 9.17) is 28.1 Å². The van der Waals surface area contributed by atoms with Crippen LogP contribution in [0.2, 0.25) is 18.1 Å². The molecule has 4 saturated heterocycles. The Morgan fingerprint density at radius 3 is 2.38 bits per heavy atom. The zero-order valence-corrected chi connectivity index (χ0v) is 26.6. The summed E-state index contributed by atoms with van der Waals surface area (Å²) in [7, 11) is -0.427. The van der Waals surface area contributed by atoms with Crippen molar-refractivity contribution < 1.29 is 33.2 Å². The summed E-state index contributed by atoms with van der Waals surface area (Å²) < 4.78 is 39.3. The fourth-order valence-corrected chi connectivity index (χ4v) is 8.31.